The fourth-order valence-corrected chi connectivity index (χ4v) is 2.38. The van der Waals surface area contributed by atoms with Gasteiger partial charge in [-0.05, 0) is 31.1 Å². The zero-order valence-electron chi connectivity index (χ0n) is 13.3. The van der Waals surface area contributed by atoms with Crippen molar-refractivity contribution in [3.8, 4) is 0 Å². The Labute approximate surface area is 133 Å². The van der Waals surface area contributed by atoms with E-state index in [-0.39, 0.29) is 11.9 Å². The largest absolute Gasteiger partial charge is 0.348 e. The van der Waals surface area contributed by atoms with E-state index in [1.165, 1.54) is 5.56 Å². The second-order valence-electron chi connectivity index (χ2n) is 5.55. The molecule has 0 bridgehead atoms. The third-order valence-electron chi connectivity index (χ3n) is 3.77. The number of likely N-dealkylation sites (N-methyl/N-ethyl adjacent to an activating group) is 1. The number of carbonyl (C=O) groups excluding carboxylic acids is 1. The summed E-state index contributed by atoms with van der Waals surface area (Å²) < 4.78 is 0. The van der Waals surface area contributed by atoms with Gasteiger partial charge in [-0.1, -0.05) is 67.6 Å². The van der Waals surface area contributed by atoms with Crippen LogP contribution in [-0.4, -0.2) is 30.9 Å². The quantitative estimate of drug-likeness (QED) is 0.852. The number of nitrogens with one attached hydrogen (secondary N) is 1. The Hall–Kier alpha value is -2.13. The Morgan fingerprint density at radius 1 is 1.05 bits per heavy atom. The molecule has 1 atom stereocenters. The van der Waals surface area contributed by atoms with Crippen LogP contribution < -0.4 is 5.32 Å². The predicted octanol–water partition coefficient (Wildman–Crippen LogP) is 3.04. The summed E-state index contributed by atoms with van der Waals surface area (Å²) in [4.78, 5) is 14.2. The minimum Gasteiger partial charge on any atom is -0.348 e. The minimum absolute atomic E-state index is 0.00126. The predicted molar refractivity (Wildman–Crippen MR) is 90.6 cm³/mol. The molecule has 0 radical (unpaired) electrons. The molecule has 1 unspecified atom stereocenters. The van der Waals surface area contributed by atoms with Crippen LogP contribution in [0, 0.1) is 0 Å². The van der Waals surface area contributed by atoms with E-state index in [4.69, 9.17) is 0 Å². The highest BCUT2D eigenvalue weighted by atomic mass is 16.2. The molecule has 2 aromatic rings. The van der Waals surface area contributed by atoms with E-state index >= 15 is 0 Å². The van der Waals surface area contributed by atoms with E-state index < -0.39 is 0 Å². The zero-order chi connectivity index (χ0) is 15.8. The molecule has 116 valence electrons. The van der Waals surface area contributed by atoms with Gasteiger partial charge in [-0.3, -0.25) is 9.69 Å². The highest BCUT2D eigenvalue weighted by Crippen LogP contribution is 2.18. The van der Waals surface area contributed by atoms with Crippen LogP contribution in [0.1, 0.15) is 24.1 Å². The molecule has 1 amide bonds. The van der Waals surface area contributed by atoms with Crippen molar-refractivity contribution in [3.63, 3.8) is 0 Å². The Kier molecular flexibility index (Phi) is 6.16. The second-order valence-corrected chi connectivity index (χ2v) is 5.55. The van der Waals surface area contributed by atoms with Crippen LogP contribution in [0.2, 0.25) is 0 Å². The van der Waals surface area contributed by atoms with Crippen molar-refractivity contribution < 1.29 is 4.79 Å². The number of hydrogen-bond donors (Lipinski definition) is 1. The molecule has 2 aromatic carbocycles. The zero-order valence-corrected chi connectivity index (χ0v) is 13.3. The van der Waals surface area contributed by atoms with Gasteiger partial charge in [-0.25, -0.2) is 0 Å². The fraction of sp³-hybridized carbons (Fsp3) is 0.316. The maximum Gasteiger partial charge on any atom is 0.234 e. The average Bonchev–Trinajstić information content (AvgIpc) is 2.56. The van der Waals surface area contributed by atoms with Crippen LogP contribution in [0.15, 0.2) is 60.7 Å². The molecule has 22 heavy (non-hydrogen) atoms. The molecule has 0 fully saturated rings. The van der Waals surface area contributed by atoms with Crippen molar-refractivity contribution >= 4 is 5.91 Å². The molecule has 0 aromatic heterocycles. The van der Waals surface area contributed by atoms with Gasteiger partial charge < -0.3 is 5.32 Å². The Morgan fingerprint density at radius 3 is 2.23 bits per heavy atom. The van der Waals surface area contributed by atoms with Crippen LogP contribution >= 0.6 is 0 Å². The Morgan fingerprint density at radius 2 is 1.64 bits per heavy atom. The molecule has 0 aliphatic rings. The van der Waals surface area contributed by atoms with Crippen molar-refractivity contribution in [2.45, 2.75) is 19.4 Å². The molecule has 0 aliphatic carbocycles. The molecule has 3 nitrogen and oxygen atoms in total. The van der Waals surface area contributed by atoms with Gasteiger partial charge in [-0.15, -0.1) is 0 Å². The standard InChI is InChI=1S/C19H24N2O/c1-3-21(2)15-19(22)20-18(17-12-8-5-9-13-17)14-16-10-6-4-7-11-16/h4-13,18H,3,14-15H2,1-2H3,(H,20,22). The molecule has 0 heterocycles. The maximum atomic E-state index is 12.2. The van der Waals surface area contributed by atoms with Gasteiger partial charge in [0, 0.05) is 0 Å². The number of carbonyl (C=O) groups is 1. The summed E-state index contributed by atoms with van der Waals surface area (Å²) in [5.41, 5.74) is 2.36. The first kappa shape index (κ1) is 16.2. The van der Waals surface area contributed by atoms with Crippen LogP contribution in [0.5, 0.6) is 0 Å². The minimum atomic E-state index is 0.00126. The summed E-state index contributed by atoms with van der Waals surface area (Å²) in [7, 11) is 1.95. The van der Waals surface area contributed by atoms with Crippen molar-refractivity contribution in [3.05, 3.63) is 71.8 Å². The molecule has 0 saturated carbocycles. The number of amides is 1. The first-order valence-electron chi connectivity index (χ1n) is 7.75. The second kappa shape index (κ2) is 8.35. The first-order valence-corrected chi connectivity index (χ1v) is 7.75. The van der Waals surface area contributed by atoms with Gasteiger partial charge in [0.05, 0.1) is 12.6 Å². The maximum absolute atomic E-state index is 12.2. The van der Waals surface area contributed by atoms with E-state index in [0.717, 1.165) is 18.5 Å². The average molecular weight is 296 g/mol. The van der Waals surface area contributed by atoms with Crippen LogP contribution in [0.3, 0.4) is 0 Å². The van der Waals surface area contributed by atoms with E-state index in [0.29, 0.717) is 6.54 Å². The van der Waals surface area contributed by atoms with Crippen LogP contribution in [0.4, 0.5) is 0 Å². The SMILES string of the molecule is CCN(C)CC(=O)NC(Cc1ccccc1)c1ccccc1. The third-order valence-corrected chi connectivity index (χ3v) is 3.77. The lowest BCUT2D eigenvalue weighted by molar-refractivity contribution is -0.122. The van der Waals surface area contributed by atoms with E-state index in [1.54, 1.807) is 0 Å². The monoisotopic (exact) mass is 296 g/mol. The van der Waals surface area contributed by atoms with E-state index in [2.05, 4.69) is 29.6 Å². The van der Waals surface area contributed by atoms with E-state index in [9.17, 15) is 4.79 Å². The first-order chi connectivity index (χ1) is 10.7. The summed E-state index contributed by atoms with van der Waals surface area (Å²) in [5.74, 6) is 0.0640. The third kappa shape index (κ3) is 5.01. The Balaban J connectivity index is 2.10. The summed E-state index contributed by atoms with van der Waals surface area (Å²) in [5, 5.41) is 3.17. The summed E-state index contributed by atoms with van der Waals surface area (Å²) in [6, 6.07) is 20.4. The van der Waals surface area contributed by atoms with Crippen molar-refractivity contribution in [1.29, 1.82) is 0 Å². The molecule has 0 aliphatic heterocycles. The van der Waals surface area contributed by atoms with Crippen molar-refractivity contribution in [2.24, 2.45) is 0 Å². The molecule has 0 spiro atoms. The molecule has 2 rings (SSSR count). The topological polar surface area (TPSA) is 32.3 Å². The summed E-state index contributed by atoms with van der Waals surface area (Å²) in [6.45, 7) is 3.34. The lowest BCUT2D eigenvalue weighted by Crippen LogP contribution is -2.37. The van der Waals surface area contributed by atoms with Crippen LogP contribution in [-0.2, 0) is 11.2 Å². The van der Waals surface area contributed by atoms with Gasteiger partial charge >= 0.3 is 0 Å². The highest BCUT2D eigenvalue weighted by molar-refractivity contribution is 5.78. The molecule has 0 saturated heterocycles. The molecule has 1 N–H and O–H groups in total. The van der Waals surface area contributed by atoms with E-state index in [1.807, 2.05) is 55.3 Å². The Bertz CT molecular complexity index is 569. The molecular formula is C19H24N2O. The molecular weight excluding hydrogens is 272 g/mol. The highest BCUT2D eigenvalue weighted by Gasteiger charge is 2.15. The number of benzene rings is 2. The molecule has 3 heteroatoms. The normalized spacial score (nSPS) is 12.1. The number of rotatable bonds is 7. The summed E-state index contributed by atoms with van der Waals surface area (Å²) >= 11 is 0. The van der Waals surface area contributed by atoms with Crippen molar-refractivity contribution in [2.75, 3.05) is 20.1 Å². The smallest absolute Gasteiger partial charge is 0.234 e. The van der Waals surface area contributed by atoms with Gasteiger partial charge in [-0.2, -0.15) is 0 Å². The van der Waals surface area contributed by atoms with Gasteiger partial charge in [0.2, 0.25) is 5.91 Å². The fourth-order valence-electron chi connectivity index (χ4n) is 2.38. The van der Waals surface area contributed by atoms with Gasteiger partial charge in [0.25, 0.3) is 0 Å². The van der Waals surface area contributed by atoms with Gasteiger partial charge in [0.1, 0.15) is 0 Å². The van der Waals surface area contributed by atoms with Gasteiger partial charge in [0.15, 0.2) is 0 Å². The number of nitrogens with zero attached hydrogens (tertiary/aromatic N) is 1. The lowest BCUT2D eigenvalue weighted by atomic mass is 9.99. The van der Waals surface area contributed by atoms with Crippen LogP contribution in [0.25, 0.3) is 0 Å². The van der Waals surface area contributed by atoms with Crippen molar-refractivity contribution in [1.82, 2.24) is 10.2 Å². The summed E-state index contributed by atoms with van der Waals surface area (Å²) in [6.07, 6.45) is 0.798. The lowest BCUT2D eigenvalue weighted by Gasteiger charge is -2.21. The number of hydrogen-bond acceptors (Lipinski definition) is 2.